The summed E-state index contributed by atoms with van der Waals surface area (Å²) in [7, 11) is 0. The molecule has 1 atom stereocenters. The number of rotatable bonds is 1. The molecule has 102 valence electrons. The van der Waals surface area contributed by atoms with E-state index in [4.69, 9.17) is 27.9 Å². The molecule has 0 saturated carbocycles. The smallest absolute Gasteiger partial charge is 0.170 e. The molecule has 0 aromatic heterocycles. The van der Waals surface area contributed by atoms with Crippen LogP contribution in [-0.2, 0) is 0 Å². The summed E-state index contributed by atoms with van der Waals surface area (Å²) in [6.07, 6.45) is -0.111. The molecule has 1 aliphatic heterocycles. The van der Waals surface area contributed by atoms with Gasteiger partial charge in [-0.25, -0.2) is 0 Å². The lowest BCUT2D eigenvalue weighted by atomic mass is 9.95. The molecule has 20 heavy (non-hydrogen) atoms. The Balaban J connectivity index is 2.01. The van der Waals surface area contributed by atoms with E-state index in [1.54, 1.807) is 18.2 Å². The summed E-state index contributed by atoms with van der Waals surface area (Å²) >= 11 is 12.2. The van der Waals surface area contributed by atoms with Crippen molar-refractivity contribution in [2.24, 2.45) is 0 Å². The van der Waals surface area contributed by atoms with Crippen molar-refractivity contribution < 1.29 is 9.53 Å². The van der Waals surface area contributed by atoms with Crippen molar-refractivity contribution in [1.29, 1.82) is 0 Å². The fraction of sp³-hybridized carbons (Fsp3) is 0.188. The van der Waals surface area contributed by atoms with E-state index in [1.807, 2.05) is 25.1 Å². The van der Waals surface area contributed by atoms with Crippen LogP contribution in [0.1, 0.15) is 34.0 Å². The molecular formula is C16H12Cl2O2. The molecule has 0 fully saturated rings. The highest BCUT2D eigenvalue weighted by molar-refractivity contribution is 6.33. The van der Waals surface area contributed by atoms with Crippen molar-refractivity contribution >= 4 is 29.0 Å². The van der Waals surface area contributed by atoms with Gasteiger partial charge in [0.1, 0.15) is 11.9 Å². The van der Waals surface area contributed by atoms with Crippen molar-refractivity contribution in [2.75, 3.05) is 0 Å². The van der Waals surface area contributed by atoms with E-state index < -0.39 is 0 Å². The number of ketones is 1. The molecule has 0 spiro atoms. The minimum atomic E-state index is -0.385. The van der Waals surface area contributed by atoms with Crippen molar-refractivity contribution in [3.63, 3.8) is 0 Å². The number of benzene rings is 2. The molecule has 1 aliphatic rings. The maximum absolute atomic E-state index is 12.3. The Labute approximate surface area is 127 Å². The Bertz CT molecular complexity index is 695. The molecular weight excluding hydrogens is 295 g/mol. The van der Waals surface area contributed by atoms with Gasteiger partial charge in [0.05, 0.1) is 12.0 Å². The third-order valence-corrected chi connectivity index (χ3v) is 3.96. The van der Waals surface area contributed by atoms with E-state index in [0.29, 0.717) is 21.4 Å². The lowest BCUT2D eigenvalue weighted by molar-refractivity contribution is 0.0850. The summed E-state index contributed by atoms with van der Waals surface area (Å²) in [6.45, 7) is 1.95. The lowest BCUT2D eigenvalue weighted by Crippen LogP contribution is -2.20. The number of hydrogen-bond donors (Lipinski definition) is 0. The third kappa shape index (κ3) is 2.41. The summed E-state index contributed by atoms with van der Waals surface area (Å²) in [6, 6.07) is 10.8. The van der Waals surface area contributed by atoms with Crippen LogP contribution < -0.4 is 4.74 Å². The minimum Gasteiger partial charge on any atom is -0.484 e. The van der Waals surface area contributed by atoms with Gasteiger partial charge in [0.25, 0.3) is 0 Å². The SMILES string of the molecule is Cc1ccc2c(c1)C(=O)CC(c1cc(Cl)ccc1Cl)O2. The molecule has 0 N–H and O–H groups in total. The van der Waals surface area contributed by atoms with Gasteiger partial charge in [0.15, 0.2) is 5.78 Å². The van der Waals surface area contributed by atoms with E-state index in [9.17, 15) is 4.79 Å². The maximum Gasteiger partial charge on any atom is 0.170 e. The van der Waals surface area contributed by atoms with Crippen LogP contribution in [0.25, 0.3) is 0 Å². The Morgan fingerprint density at radius 1 is 1.15 bits per heavy atom. The van der Waals surface area contributed by atoms with Gasteiger partial charge in [-0.3, -0.25) is 4.79 Å². The van der Waals surface area contributed by atoms with Crippen LogP contribution in [-0.4, -0.2) is 5.78 Å². The van der Waals surface area contributed by atoms with Crippen LogP contribution in [0, 0.1) is 6.92 Å². The highest BCUT2D eigenvalue weighted by Crippen LogP contribution is 2.38. The van der Waals surface area contributed by atoms with Crippen molar-refractivity contribution in [3.05, 3.63) is 63.1 Å². The molecule has 1 heterocycles. The molecule has 2 aromatic rings. The van der Waals surface area contributed by atoms with Crippen molar-refractivity contribution in [2.45, 2.75) is 19.4 Å². The summed E-state index contributed by atoms with van der Waals surface area (Å²) in [5.74, 6) is 0.670. The standard InChI is InChI=1S/C16H12Cl2O2/c1-9-2-5-15-12(6-9)14(19)8-16(20-15)11-7-10(17)3-4-13(11)18/h2-7,16H,8H2,1H3. The number of fused-ring (bicyclic) bond motifs is 1. The molecule has 2 aromatic carbocycles. The molecule has 0 saturated heterocycles. The quantitative estimate of drug-likeness (QED) is 0.740. The second kappa shape index (κ2) is 5.12. The first kappa shape index (κ1) is 13.5. The lowest BCUT2D eigenvalue weighted by Gasteiger charge is -2.26. The topological polar surface area (TPSA) is 26.3 Å². The van der Waals surface area contributed by atoms with Crippen LogP contribution in [0.15, 0.2) is 36.4 Å². The second-order valence-corrected chi connectivity index (χ2v) is 5.74. The summed E-state index contributed by atoms with van der Waals surface area (Å²) in [5, 5.41) is 1.14. The molecule has 0 amide bonds. The van der Waals surface area contributed by atoms with Gasteiger partial charge in [-0.1, -0.05) is 34.8 Å². The first-order chi connectivity index (χ1) is 9.54. The Kier molecular flexibility index (Phi) is 3.45. The molecule has 4 heteroatoms. The van der Waals surface area contributed by atoms with Gasteiger partial charge in [-0.05, 0) is 37.3 Å². The van der Waals surface area contributed by atoms with Crippen LogP contribution in [0.4, 0.5) is 0 Å². The Morgan fingerprint density at radius 2 is 1.95 bits per heavy atom. The predicted octanol–water partition coefficient (Wildman–Crippen LogP) is 5.01. The average Bonchev–Trinajstić information content (AvgIpc) is 2.42. The fourth-order valence-corrected chi connectivity index (χ4v) is 2.79. The summed E-state index contributed by atoms with van der Waals surface area (Å²) in [5.41, 5.74) is 2.43. The number of ether oxygens (including phenoxy) is 1. The van der Waals surface area contributed by atoms with E-state index >= 15 is 0 Å². The van der Waals surface area contributed by atoms with Crippen LogP contribution >= 0.6 is 23.2 Å². The predicted molar refractivity (Wildman–Crippen MR) is 80.0 cm³/mol. The van der Waals surface area contributed by atoms with Gasteiger partial charge >= 0.3 is 0 Å². The van der Waals surface area contributed by atoms with Crippen LogP contribution in [0.3, 0.4) is 0 Å². The van der Waals surface area contributed by atoms with Gasteiger partial charge in [0, 0.05) is 15.6 Å². The van der Waals surface area contributed by atoms with Gasteiger partial charge in [0.2, 0.25) is 0 Å². The van der Waals surface area contributed by atoms with Gasteiger partial charge < -0.3 is 4.74 Å². The number of Topliss-reactive ketones (excluding diaryl/α,β-unsaturated/α-hetero) is 1. The minimum absolute atomic E-state index is 0.0657. The largest absolute Gasteiger partial charge is 0.484 e. The summed E-state index contributed by atoms with van der Waals surface area (Å²) < 4.78 is 5.92. The zero-order chi connectivity index (χ0) is 14.3. The Hall–Kier alpha value is -1.51. The van der Waals surface area contributed by atoms with Crippen LogP contribution in [0.5, 0.6) is 5.75 Å². The fourth-order valence-electron chi connectivity index (χ4n) is 2.37. The number of halogens is 2. The molecule has 2 nitrogen and oxygen atoms in total. The van der Waals surface area contributed by atoms with E-state index in [2.05, 4.69) is 0 Å². The highest BCUT2D eigenvalue weighted by Gasteiger charge is 2.29. The monoisotopic (exact) mass is 306 g/mol. The second-order valence-electron chi connectivity index (χ2n) is 4.90. The van der Waals surface area contributed by atoms with E-state index in [-0.39, 0.29) is 18.3 Å². The summed E-state index contributed by atoms with van der Waals surface area (Å²) in [4.78, 5) is 12.3. The number of hydrogen-bond acceptors (Lipinski definition) is 2. The average molecular weight is 307 g/mol. The number of carbonyl (C=O) groups is 1. The van der Waals surface area contributed by atoms with Crippen molar-refractivity contribution in [1.82, 2.24) is 0 Å². The third-order valence-electron chi connectivity index (χ3n) is 3.38. The van der Waals surface area contributed by atoms with E-state index in [1.165, 1.54) is 0 Å². The van der Waals surface area contributed by atoms with Crippen molar-refractivity contribution in [3.8, 4) is 5.75 Å². The normalized spacial score (nSPS) is 17.6. The highest BCUT2D eigenvalue weighted by atomic mass is 35.5. The zero-order valence-corrected chi connectivity index (χ0v) is 12.3. The first-order valence-corrected chi connectivity index (χ1v) is 7.05. The van der Waals surface area contributed by atoms with E-state index in [0.717, 1.165) is 11.1 Å². The number of carbonyl (C=O) groups excluding carboxylic acids is 1. The number of aryl methyl sites for hydroxylation is 1. The zero-order valence-electron chi connectivity index (χ0n) is 10.8. The molecule has 1 unspecified atom stereocenters. The van der Waals surface area contributed by atoms with Crippen LogP contribution in [0.2, 0.25) is 10.0 Å². The Morgan fingerprint density at radius 3 is 2.75 bits per heavy atom. The molecule has 3 rings (SSSR count). The molecule has 0 aliphatic carbocycles. The van der Waals surface area contributed by atoms with Gasteiger partial charge in [-0.15, -0.1) is 0 Å². The maximum atomic E-state index is 12.3. The van der Waals surface area contributed by atoms with Gasteiger partial charge in [-0.2, -0.15) is 0 Å². The first-order valence-electron chi connectivity index (χ1n) is 6.30. The molecule has 0 bridgehead atoms. The molecule has 0 radical (unpaired) electrons.